The van der Waals surface area contributed by atoms with E-state index in [2.05, 4.69) is 15.6 Å². The van der Waals surface area contributed by atoms with Gasteiger partial charge in [0.25, 0.3) is 0 Å². The Morgan fingerprint density at radius 1 is 1.47 bits per heavy atom. The quantitative estimate of drug-likeness (QED) is 0.769. The van der Waals surface area contributed by atoms with Crippen LogP contribution in [0.15, 0.2) is 18.3 Å². The van der Waals surface area contributed by atoms with E-state index < -0.39 is 5.54 Å². The van der Waals surface area contributed by atoms with Gasteiger partial charge in [-0.3, -0.25) is 24.8 Å². The molecule has 0 unspecified atom stereocenters. The van der Waals surface area contributed by atoms with Crippen molar-refractivity contribution in [3.8, 4) is 0 Å². The average Bonchev–Trinajstić information content (AvgIpc) is 2.36. The Morgan fingerprint density at radius 3 is 2.89 bits per heavy atom. The van der Waals surface area contributed by atoms with E-state index in [9.17, 15) is 9.59 Å². The van der Waals surface area contributed by atoms with Crippen molar-refractivity contribution in [2.45, 2.75) is 25.9 Å². The Balaban J connectivity index is 2.20. The topological polar surface area (TPSA) is 74.3 Å². The number of anilines is 1. The molecule has 1 aromatic rings. The lowest BCUT2D eigenvalue weighted by atomic mass is 9.98. The standard InChI is InChI=1S/C13H18N4O2/c1-13(2)12(19)16-11(18)8-17(13)7-10-6-9(14-3)4-5-15-10/h4-6H,7-8H2,1-3H3,(H,14,15)(H,16,18,19). The van der Waals surface area contributed by atoms with Crippen molar-refractivity contribution in [1.29, 1.82) is 0 Å². The molecule has 19 heavy (non-hydrogen) atoms. The Morgan fingerprint density at radius 2 is 2.21 bits per heavy atom. The van der Waals surface area contributed by atoms with Crippen LogP contribution in [0.5, 0.6) is 0 Å². The molecule has 0 radical (unpaired) electrons. The zero-order valence-electron chi connectivity index (χ0n) is 11.4. The lowest BCUT2D eigenvalue weighted by Gasteiger charge is -2.39. The number of carbonyl (C=O) groups is 2. The first kappa shape index (κ1) is 13.5. The number of nitrogens with one attached hydrogen (secondary N) is 2. The van der Waals surface area contributed by atoms with Gasteiger partial charge in [-0.05, 0) is 26.0 Å². The molecule has 2 amide bonds. The number of pyridine rings is 1. The molecule has 1 fully saturated rings. The molecule has 0 spiro atoms. The maximum atomic E-state index is 11.8. The van der Waals surface area contributed by atoms with Gasteiger partial charge in [0, 0.05) is 25.5 Å². The van der Waals surface area contributed by atoms with E-state index in [1.807, 2.05) is 24.1 Å². The van der Waals surface area contributed by atoms with Gasteiger partial charge in [-0.1, -0.05) is 0 Å². The van der Waals surface area contributed by atoms with Crippen LogP contribution in [0, 0.1) is 0 Å². The summed E-state index contributed by atoms with van der Waals surface area (Å²) in [6.45, 7) is 4.26. The van der Waals surface area contributed by atoms with Crippen molar-refractivity contribution >= 4 is 17.5 Å². The Bertz CT molecular complexity index is 513. The second kappa shape index (κ2) is 4.97. The van der Waals surface area contributed by atoms with E-state index in [1.165, 1.54) is 0 Å². The number of hydrogen-bond acceptors (Lipinski definition) is 5. The second-order valence-electron chi connectivity index (χ2n) is 5.08. The number of piperazine rings is 1. The van der Waals surface area contributed by atoms with Crippen molar-refractivity contribution in [2.24, 2.45) is 0 Å². The molecule has 2 heterocycles. The van der Waals surface area contributed by atoms with Crippen LogP contribution < -0.4 is 10.6 Å². The van der Waals surface area contributed by atoms with Gasteiger partial charge in [0.15, 0.2) is 0 Å². The summed E-state index contributed by atoms with van der Waals surface area (Å²) in [6.07, 6.45) is 1.71. The highest BCUT2D eigenvalue weighted by Gasteiger charge is 2.40. The fraction of sp³-hybridized carbons (Fsp3) is 0.462. The van der Waals surface area contributed by atoms with Crippen LogP contribution in [-0.4, -0.2) is 40.8 Å². The van der Waals surface area contributed by atoms with Gasteiger partial charge in [-0.15, -0.1) is 0 Å². The molecule has 102 valence electrons. The molecular formula is C13H18N4O2. The van der Waals surface area contributed by atoms with Crippen LogP contribution >= 0.6 is 0 Å². The van der Waals surface area contributed by atoms with E-state index in [-0.39, 0.29) is 18.4 Å². The normalized spacial score (nSPS) is 19.1. The summed E-state index contributed by atoms with van der Waals surface area (Å²) in [5.74, 6) is -0.539. The number of imide groups is 1. The zero-order chi connectivity index (χ0) is 14.0. The molecule has 1 aliphatic rings. The SMILES string of the molecule is CNc1ccnc(CN2CC(=O)NC(=O)C2(C)C)c1. The van der Waals surface area contributed by atoms with Gasteiger partial charge >= 0.3 is 0 Å². The fourth-order valence-electron chi connectivity index (χ4n) is 2.00. The molecule has 6 nitrogen and oxygen atoms in total. The molecule has 6 heteroatoms. The van der Waals surface area contributed by atoms with Gasteiger partial charge < -0.3 is 5.32 Å². The van der Waals surface area contributed by atoms with Gasteiger partial charge in [-0.25, -0.2) is 0 Å². The first-order chi connectivity index (χ1) is 8.93. The van der Waals surface area contributed by atoms with Gasteiger partial charge in [0.2, 0.25) is 11.8 Å². The summed E-state index contributed by atoms with van der Waals surface area (Å²) in [5, 5.41) is 5.39. The number of hydrogen-bond donors (Lipinski definition) is 2. The molecule has 2 rings (SSSR count). The highest BCUT2D eigenvalue weighted by Crippen LogP contribution is 2.21. The van der Waals surface area contributed by atoms with Gasteiger partial charge in [0.1, 0.15) is 0 Å². The van der Waals surface area contributed by atoms with E-state index in [0.29, 0.717) is 6.54 Å². The number of amides is 2. The molecule has 1 aliphatic heterocycles. The molecule has 1 aromatic heterocycles. The smallest absolute Gasteiger partial charge is 0.246 e. The monoisotopic (exact) mass is 262 g/mol. The third kappa shape index (κ3) is 2.73. The third-order valence-corrected chi connectivity index (χ3v) is 3.39. The average molecular weight is 262 g/mol. The van der Waals surface area contributed by atoms with Crippen molar-refractivity contribution in [3.63, 3.8) is 0 Å². The summed E-state index contributed by atoms with van der Waals surface area (Å²) in [5.41, 5.74) is 1.06. The van der Waals surface area contributed by atoms with Crippen molar-refractivity contribution in [1.82, 2.24) is 15.2 Å². The van der Waals surface area contributed by atoms with E-state index >= 15 is 0 Å². The van der Waals surface area contributed by atoms with E-state index in [0.717, 1.165) is 11.4 Å². The Kier molecular flexibility index (Phi) is 3.53. The molecule has 0 aliphatic carbocycles. The number of nitrogens with zero attached hydrogens (tertiary/aromatic N) is 2. The van der Waals surface area contributed by atoms with Crippen molar-refractivity contribution < 1.29 is 9.59 Å². The van der Waals surface area contributed by atoms with Crippen LogP contribution in [0.3, 0.4) is 0 Å². The molecule has 0 bridgehead atoms. The second-order valence-corrected chi connectivity index (χ2v) is 5.08. The van der Waals surface area contributed by atoms with Crippen LogP contribution in [-0.2, 0) is 16.1 Å². The van der Waals surface area contributed by atoms with Crippen LogP contribution in [0.2, 0.25) is 0 Å². The van der Waals surface area contributed by atoms with Crippen molar-refractivity contribution in [3.05, 3.63) is 24.0 Å². The fourth-order valence-corrected chi connectivity index (χ4v) is 2.00. The molecule has 0 saturated carbocycles. The first-order valence-corrected chi connectivity index (χ1v) is 6.15. The molecule has 0 aromatic carbocycles. The maximum absolute atomic E-state index is 11.8. The summed E-state index contributed by atoms with van der Waals surface area (Å²) >= 11 is 0. The minimum Gasteiger partial charge on any atom is -0.388 e. The third-order valence-electron chi connectivity index (χ3n) is 3.39. The van der Waals surface area contributed by atoms with Crippen LogP contribution in [0.4, 0.5) is 5.69 Å². The number of rotatable bonds is 3. The Labute approximate surface area is 112 Å². The highest BCUT2D eigenvalue weighted by molar-refractivity contribution is 6.02. The van der Waals surface area contributed by atoms with Gasteiger partial charge in [0.05, 0.1) is 17.8 Å². The predicted molar refractivity (Wildman–Crippen MR) is 71.4 cm³/mol. The highest BCUT2D eigenvalue weighted by atomic mass is 16.2. The lowest BCUT2D eigenvalue weighted by molar-refractivity contribution is -0.145. The minimum atomic E-state index is -0.717. The molecule has 2 N–H and O–H groups in total. The zero-order valence-corrected chi connectivity index (χ0v) is 11.4. The van der Waals surface area contributed by atoms with E-state index in [4.69, 9.17) is 0 Å². The maximum Gasteiger partial charge on any atom is 0.246 e. The Hall–Kier alpha value is -1.95. The minimum absolute atomic E-state index is 0.199. The largest absolute Gasteiger partial charge is 0.388 e. The van der Waals surface area contributed by atoms with Crippen LogP contribution in [0.25, 0.3) is 0 Å². The first-order valence-electron chi connectivity index (χ1n) is 6.15. The predicted octanol–water partition coefficient (Wildman–Crippen LogP) is 0.360. The van der Waals surface area contributed by atoms with Gasteiger partial charge in [-0.2, -0.15) is 0 Å². The summed E-state index contributed by atoms with van der Waals surface area (Å²) < 4.78 is 0. The van der Waals surface area contributed by atoms with E-state index in [1.54, 1.807) is 20.0 Å². The number of aromatic nitrogens is 1. The number of carbonyl (C=O) groups excluding carboxylic acids is 2. The molecule has 1 saturated heterocycles. The van der Waals surface area contributed by atoms with Crippen molar-refractivity contribution in [2.75, 3.05) is 18.9 Å². The summed E-state index contributed by atoms with van der Waals surface area (Å²) in [6, 6.07) is 3.77. The summed E-state index contributed by atoms with van der Waals surface area (Å²) in [7, 11) is 1.83. The molecular weight excluding hydrogens is 244 g/mol. The van der Waals surface area contributed by atoms with Crippen LogP contribution in [0.1, 0.15) is 19.5 Å². The lowest BCUT2D eigenvalue weighted by Crippen LogP contribution is -2.63. The summed E-state index contributed by atoms with van der Waals surface area (Å²) in [4.78, 5) is 29.4. The molecule has 0 atom stereocenters.